The van der Waals surface area contributed by atoms with Gasteiger partial charge >= 0.3 is 0 Å². The first-order chi connectivity index (χ1) is 12.0. The van der Waals surface area contributed by atoms with Crippen molar-refractivity contribution >= 4 is 17.6 Å². The van der Waals surface area contributed by atoms with Crippen LogP contribution in [0.3, 0.4) is 0 Å². The zero-order valence-electron chi connectivity index (χ0n) is 13.9. The van der Waals surface area contributed by atoms with Crippen LogP contribution in [0.15, 0.2) is 31.1 Å². The molecule has 1 atom stereocenters. The van der Waals surface area contributed by atoms with E-state index in [1.807, 2.05) is 24.7 Å². The van der Waals surface area contributed by atoms with Crippen LogP contribution in [0.25, 0.3) is 0 Å². The number of aromatic nitrogens is 6. The first kappa shape index (κ1) is 16.6. The number of rotatable bonds is 6. The summed E-state index contributed by atoms with van der Waals surface area (Å²) >= 11 is 0. The van der Waals surface area contributed by atoms with E-state index in [0.29, 0.717) is 29.2 Å². The van der Waals surface area contributed by atoms with Gasteiger partial charge in [-0.1, -0.05) is 0 Å². The Kier molecular flexibility index (Phi) is 4.68. The molecule has 0 amide bonds. The Morgan fingerprint density at radius 1 is 1.16 bits per heavy atom. The van der Waals surface area contributed by atoms with Crippen molar-refractivity contribution in [3.8, 4) is 5.75 Å². The number of aryl methyl sites for hydroxylation is 1. The molecule has 3 aromatic rings. The van der Waals surface area contributed by atoms with E-state index < -0.39 is 5.82 Å². The molecule has 0 aliphatic carbocycles. The van der Waals surface area contributed by atoms with E-state index in [1.54, 1.807) is 12.5 Å². The van der Waals surface area contributed by atoms with E-state index in [9.17, 15) is 4.39 Å². The molecule has 0 radical (unpaired) electrons. The molecule has 0 aliphatic heterocycles. The molecule has 0 aromatic carbocycles. The maximum atomic E-state index is 12.9. The summed E-state index contributed by atoms with van der Waals surface area (Å²) in [5, 5.41) is 6.15. The number of hydrogen-bond donors (Lipinski definition) is 2. The minimum atomic E-state index is -0.488. The third kappa shape index (κ3) is 3.97. The lowest BCUT2D eigenvalue weighted by molar-refractivity contribution is 0.413. The minimum absolute atomic E-state index is 0.309. The van der Waals surface area contributed by atoms with Gasteiger partial charge in [-0.2, -0.15) is 4.98 Å². The van der Waals surface area contributed by atoms with Gasteiger partial charge in [0.1, 0.15) is 11.6 Å². The maximum Gasteiger partial charge on any atom is 0.225 e. The van der Waals surface area contributed by atoms with E-state index in [0.717, 1.165) is 12.4 Å². The molecule has 0 bridgehead atoms. The second-order valence-electron chi connectivity index (χ2n) is 5.29. The number of nitrogens with one attached hydrogen (secondary N) is 2. The second kappa shape index (κ2) is 7.07. The Morgan fingerprint density at radius 2 is 1.92 bits per heavy atom. The number of hydrogen-bond acceptors (Lipinski definition) is 8. The molecule has 3 rings (SSSR count). The second-order valence-corrected chi connectivity index (χ2v) is 5.29. The van der Waals surface area contributed by atoms with Crippen molar-refractivity contribution in [1.29, 1.82) is 0 Å². The number of halogens is 1. The van der Waals surface area contributed by atoms with Gasteiger partial charge in [-0.25, -0.2) is 24.3 Å². The van der Waals surface area contributed by atoms with Crippen molar-refractivity contribution in [1.82, 2.24) is 29.5 Å². The molecule has 0 saturated carbocycles. The molecule has 10 heteroatoms. The highest BCUT2D eigenvalue weighted by atomic mass is 19.1. The van der Waals surface area contributed by atoms with Gasteiger partial charge in [0.2, 0.25) is 5.95 Å². The molecule has 130 valence electrons. The van der Waals surface area contributed by atoms with Gasteiger partial charge in [-0.3, -0.25) is 0 Å². The maximum absolute atomic E-state index is 12.9. The predicted octanol–water partition coefficient (Wildman–Crippen LogP) is 2.06. The zero-order valence-corrected chi connectivity index (χ0v) is 13.9. The fraction of sp³-hybridized carbons (Fsp3) is 0.267. The molecule has 0 unspecified atom stereocenters. The number of ether oxygens (including phenoxy) is 1. The van der Waals surface area contributed by atoms with Gasteiger partial charge in [-0.05, 0) is 6.92 Å². The fourth-order valence-corrected chi connectivity index (χ4v) is 2.08. The summed E-state index contributed by atoms with van der Waals surface area (Å²) in [6.45, 7) is 1.83. The number of methoxy groups -OCH3 is 1. The molecule has 3 heterocycles. The van der Waals surface area contributed by atoms with Crippen LogP contribution in [0, 0.1) is 5.82 Å². The highest BCUT2D eigenvalue weighted by Gasteiger charge is 2.13. The monoisotopic (exact) mass is 344 g/mol. The van der Waals surface area contributed by atoms with Crippen molar-refractivity contribution in [3.05, 3.63) is 42.8 Å². The number of imidazole rings is 1. The Hall–Kier alpha value is -3.30. The molecule has 0 saturated heterocycles. The molecule has 25 heavy (non-hydrogen) atoms. The average Bonchev–Trinajstić information content (AvgIpc) is 3.00. The summed E-state index contributed by atoms with van der Waals surface area (Å²) in [6.07, 6.45) is 7.25. The summed E-state index contributed by atoms with van der Waals surface area (Å²) in [7, 11) is 3.40. The standard InChI is InChI=1S/C15H17FN8O/c1-9(13-17-4-10(16)5-18-13)21-15-19-6-11(25-3)14(23-15)22-12-7-24(2)8-20-12/h4-9H,1-3H3,(H2,19,21,22,23)/t9-/m0/s1. The highest BCUT2D eigenvalue weighted by Crippen LogP contribution is 2.25. The van der Waals surface area contributed by atoms with Crippen LogP contribution in [0.2, 0.25) is 0 Å². The van der Waals surface area contributed by atoms with E-state index >= 15 is 0 Å². The van der Waals surface area contributed by atoms with E-state index in [-0.39, 0.29) is 6.04 Å². The van der Waals surface area contributed by atoms with Crippen LogP contribution in [-0.2, 0) is 7.05 Å². The largest absolute Gasteiger partial charge is 0.491 e. The lowest BCUT2D eigenvalue weighted by Gasteiger charge is -2.14. The zero-order chi connectivity index (χ0) is 17.8. The molecule has 0 aliphatic rings. The summed E-state index contributed by atoms with van der Waals surface area (Å²) < 4.78 is 20.0. The number of nitrogens with zero attached hydrogens (tertiary/aromatic N) is 6. The fourth-order valence-electron chi connectivity index (χ4n) is 2.08. The SMILES string of the molecule is COc1cnc(N[C@@H](C)c2ncc(F)cn2)nc1Nc1cn(C)cn1. The van der Waals surface area contributed by atoms with Crippen LogP contribution < -0.4 is 15.4 Å². The van der Waals surface area contributed by atoms with Crippen molar-refractivity contribution < 1.29 is 9.13 Å². The van der Waals surface area contributed by atoms with Crippen molar-refractivity contribution in [2.75, 3.05) is 17.7 Å². The smallest absolute Gasteiger partial charge is 0.225 e. The molecular weight excluding hydrogens is 327 g/mol. The first-order valence-electron chi connectivity index (χ1n) is 7.45. The Balaban J connectivity index is 1.79. The van der Waals surface area contributed by atoms with Crippen LogP contribution in [0.5, 0.6) is 5.75 Å². The Bertz CT molecular complexity index is 851. The third-order valence-corrected chi connectivity index (χ3v) is 3.30. The van der Waals surface area contributed by atoms with Gasteiger partial charge in [-0.15, -0.1) is 0 Å². The summed E-state index contributed by atoms with van der Waals surface area (Å²) in [6, 6.07) is -0.309. The van der Waals surface area contributed by atoms with Crippen molar-refractivity contribution in [2.24, 2.45) is 7.05 Å². The first-order valence-corrected chi connectivity index (χ1v) is 7.45. The van der Waals surface area contributed by atoms with Crippen LogP contribution in [0.4, 0.5) is 22.0 Å². The van der Waals surface area contributed by atoms with E-state index in [4.69, 9.17) is 4.74 Å². The van der Waals surface area contributed by atoms with Gasteiger partial charge in [0.25, 0.3) is 0 Å². The van der Waals surface area contributed by atoms with Crippen LogP contribution >= 0.6 is 0 Å². The lowest BCUT2D eigenvalue weighted by atomic mass is 10.3. The summed E-state index contributed by atoms with van der Waals surface area (Å²) in [5.41, 5.74) is 0. The molecule has 3 aromatic heterocycles. The predicted molar refractivity (Wildman–Crippen MR) is 89.1 cm³/mol. The van der Waals surface area contributed by atoms with Gasteiger partial charge < -0.3 is 19.9 Å². The number of anilines is 3. The molecule has 9 nitrogen and oxygen atoms in total. The molecule has 0 spiro atoms. The average molecular weight is 344 g/mol. The van der Waals surface area contributed by atoms with Crippen molar-refractivity contribution in [2.45, 2.75) is 13.0 Å². The van der Waals surface area contributed by atoms with E-state index in [2.05, 4.69) is 35.6 Å². The topological polar surface area (TPSA) is 103 Å². The Labute approximate surface area is 143 Å². The third-order valence-electron chi connectivity index (χ3n) is 3.30. The van der Waals surface area contributed by atoms with Crippen LogP contribution in [-0.4, -0.2) is 36.6 Å². The van der Waals surface area contributed by atoms with E-state index in [1.165, 1.54) is 7.11 Å². The van der Waals surface area contributed by atoms with Crippen molar-refractivity contribution in [3.63, 3.8) is 0 Å². The minimum Gasteiger partial charge on any atom is -0.491 e. The molecule has 0 fully saturated rings. The quantitative estimate of drug-likeness (QED) is 0.700. The highest BCUT2D eigenvalue weighted by molar-refractivity contribution is 5.60. The molecule has 2 N–H and O–H groups in total. The lowest BCUT2D eigenvalue weighted by Crippen LogP contribution is -2.13. The van der Waals surface area contributed by atoms with Gasteiger partial charge in [0, 0.05) is 13.2 Å². The summed E-state index contributed by atoms with van der Waals surface area (Å²) in [4.78, 5) is 20.7. The summed E-state index contributed by atoms with van der Waals surface area (Å²) in [5.74, 6) is 1.85. The van der Waals surface area contributed by atoms with Crippen LogP contribution in [0.1, 0.15) is 18.8 Å². The van der Waals surface area contributed by atoms with Gasteiger partial charge in [0.15, 0.2) is 17.4 Å². The molecular formula is C15H17FN8O. The Morgan fingerprint density at radius 3 is 2.56 bits per heavy atom. The normalized spacial score (nSPS) is 11.8. The van der Waals surface area contributed by atoms with Gasteiger partial charge in [0.05, 0.1) is 38.1 Å².